The van der Waals surface area contributed by atoms with Crippen molar-refractivity contribution in [2.75, 3.05) is 0 Å². The van der Waals surface area contributed by atoms with Crippen molar-refractivity contribution < 1.29 is 9.53 Å². The molecule has 3 nitrogen and oxygen atoms in total. The lowest BCUT2D eigenvalue weighted by Crippen LogP contribution is -2.56. The van der Waals surface area contributed by atoms with Gasteiger partial charge in [0.25, 0.3) is 0 Å². The number of aryl methyl sites for hydroxylation is 1. The summed E-state index contributed by atoms with van der Waals surface area (Å²) in [5.41, 5.74) is 8.32. The molecule has 0 spiro atoms. The van der Waals surface area contributed by atoms with E-state index in [2.05, 4.69) is 19.9 Å². The van der Waals surface area contributed by atoms with Crippen molar-refractivity contribution in [1.29, 1.82) is 0 Å². The molecule has 1 heterocycles. The maximum atomic E-state index is 11.7. The minimum absolute atomic E-state index is 0.103. The van der Waals surface area contributed by atoms with Crippen molar-refractivity contribution in [3.63, 3.8) is 0 Å². The van der Waals surface area contributed by atoms with E-state index in [9.17, 15) is 4.79 Å². The average molecular weight is 231 g/mol. The van der Waals surface area contributed by atoms with E-state index in [1.54, 1.807) is 0 Å². The van der Waals surface area contributed by atoms with Crippen molar-refractivity contribution in [3.8, 4) is 5.75 Å². The Morgan fingerprint density at radius 3 is 3.00 bits per heavy atom. The minimum Gasteiger partial charge on any atom is -0.487 e. The third-order valence-corrected chi connectivity index (χ3v) is 4.22. The van der Waals surface area contributed by atoms with Crippen LogP contribution >= 0.6 is 0 Å². The normalized spacial score (nSPS) is 35.1. The molecule has 0 unspecified atom stereocenters. The molecule has 1 aromatic rings. The van der Waals surface area contributed by atoms with E-state index in [1.807, 2.05) is 12.1 Å². The molecule has 3 rings (SSSR count). The molecule has 3 atom stereocenters. The fourth-order valence-electron chi connectivity index (χ4n) is 3.08. The smallest absolute Gasteiger partial charge is 0.153 e. The Hall–Kier alpha value is -1.35. The number of hydrogen-bond acceptors (Lipinski definition) is 3. The van der Waals surface area contributed by atoms with Gasteiger partial charge in [-0.05, 0) is 19.4 Å². The highest BCUT2D eigenvalue weighted by molar-refractivity contribution is 5.86. The number of ketones is 1. The van der Waals surface area contributed by atoms with Gasteiger partial charge in [-0.2, -0.15) is 0 Å². The van der Waals surface area contributed by atoms with Crippen LogP contribution in [0.3, 0.4) is 0 Å². The first kappa shape index (κ1) is 10.8. The number of fused-ring (bicyclic) bond motifs is 3. The molecular formula is C14H17NO2. The van der Waals surface area contributed by atoms with Crippen LogP contribution in [0.4, 0.5) is 0 Å². The van der Waals surface area contributed by atoms with Gasteiger partial charge in [-0.3, -0.25) is 4.79 Å². The summed E-state index contributed by atoms with van der Waals surface area (Å²) in [6.45, 7) is 4.24. The van der Waals surface area contributed by atoms with Crippen molar-refractivity contribution >= 4 is 5.78 Å². The average Bonchev–Trinajstić information content (AvgIpc) is 2.59. The fourth-order valence-corrected chi connectivity index (χ4v) is 3.08. The summed E-state index contributed by atoms with van der Waals surface area (Å²) in [6.07, 6.45) is 1.20. The molecule has 0 amide bonds. The Balaban J connectivity index is 2.11. The molecule has 0 radical (unpaired) electrons. The summed E-state index contributed by atoms with van der Waals surface area (Å²) < 4.78 is 5.91. The molecule has 0 bridgehead atoms. The van der Waals surface area contributed by atoms with Crippen LogP contribution in [0.25, 0.3) is 0 Å². The van der Waals surface area contributed by atoms with Gasteiger partial charge in [0.05, 0.1) is 0 Å². The molecule has 0 aromatic heterocycles. The molecule has 1 aromatic carbocycles. The van der Waals surface area contributed by atoms with Gasteiger partial charge in [0.15, 0.2) is 5.78 Å². The Morgan fingerprint density at radius 2 is 2.24 bits per heavy atom. The van der Waals surface area contributed by atoms with Crippen LogP contribution in [0.1, 0.15) is 30.9 Å². The summed E-state index contributed by atoms with van der Waals surface area (Å²) in [4.78, 5) is 11.7. The predicted molar refractivity (Wildman–Crippen MR) is 65.2 cm³/mol. The quantitative estimate of drug-likeness (QED) is 0.739. The monoisotopic (exact) mass is 231 g/mol. The molecule has 17 heavy (non-hydrogen) atoms. The molecule has 2 aliphatic rings. The van der Waals surface area contributed by atoms with Gasteiger partial charge in [0, 0.05) is 17.4 Å². The highest BCUT2D eigenvalue weighted by Crippen LogP contribution is 2.49. The number of ether oxygens (including phenoxy) is 1. The molecule has 1 aliphatic heterocycles. The van der Waals surface area contributed by atoms with E-state index < -0.39 is 6.04 Å². The second-order valence-corrected chi connectivity index (χ2v) is 5.45. The molecule has 1 saturated carbocycles. The first-order valence-electron chi connectivity index (χ1n) is 6.08. The van der Waals surface area contributed by atoms with Gasteiger partial charge in [-0.1, -0.05) is 24.6 Å². The molecular weight excluding hydrogens is 214 g/mol. The van der Waals surface area contributed by atoms with Crippen LogP contribution < -0.4 is 10.5 Å². The van der Waals surface area contributed by atoms with Crippen LogP contribution in [0.5, 0.6) is 5.75 Å². The van der Waals surface area contributed by atoms with Gasteiger partial charge in [0.2, 0.25) is 0 Å². The van der Waals surface area contributed by atoms with Crippen LogP contribution in [0, 0.1) is 6.92 Å². The molecule has 3 heteroatoms. The molecule has 2 N–H and O–H groups in total. The second-order valence-electron chi connectivity index (χ2n) is 5.45. The predicted octanol–water partition coefficient (Wildman–Crippen LogP) is 1.70. The second kappa shape index (κ2) is 3.33. The maximum Gasteiger partial charge on any atom is 0.153 e. The number of hydrogen-bond donors (Lipinski definition) is 1. The number of rotatable bonds is 0. The summed E-state index contributed by atoms with van der Waals surface area (Å²) in [5.74, 6) is 1.02. The number of nitrogens with two attached hydrogens (primary N) is 1. The van der Waals surface area contributed by atoms with Gasteiger partial charge in [-0.15, -0.1) is 0 Å². The lowest BCUT2D eigenvalue weighted by Gasteiger charge is -2.37. The standard InChI is InChI=1S/C14H17NO2/c1-8-3-4-11-9(7-8)14(2)6-5-10(16)12(15)13(14)17-11/h3-4,7,12-13H,5-6,15H2,1-2H3/t12-,13-,14-/m0/s1. The molecule has 1 aliphatic carbocycles. The summed E-state index contributed by atoms with van der Waals surface area (Å²) in [6, 6.07) is 5.71. The minimum atomic E-state index is -0.485. The lowest BCUT2D eigenvalue weighted by atomic mass is 9.68. The first-order valence-corrected chi connectivity index (χ1v) is 6.08. The van der Waals surface area contributed by atoms with Crippen molar-refractivity contribution in [2.24, 2.45) is 5.73 Å². The van der Waals surface area contributed by atoms with Crippen molar-refractivity contribution in [3.05, 3.63) is 29.3 Å². The topological polar surface area (TPSA) is 52.3 Å². The van der Waals surface area contributed by atoms with Gasteiger partial charge < -0.3 is 10.5 Å². The molecule has 1 fully saturated rings. The maximum absolute atomic E-state index is 11.7. The number of benzene rings is 1. The Kier molecular flexibility index (Phi) is 2.11. The van der Waals surface area contributed by atoms with E-state index in [4.69, 9.17) is 10.5 Å². The first-order chi connectivity index (χ1) is 8.02. The number of carbonyl (C=O) groups excluding carboxylic acids is 1. The van der Waals surface area contributed by atoms with E-state index >= 15 is 0 Å². The highest BCUT2D eigenvalue weighted by Gasteiger charge is 2.52. The van der Waals surface area contributed by atoms with Gasteiger partial charge in [-0.25, -0.2) is 0 Å². The van der Waals surface area contributed by atoms with Crippen LogP contribution in [-0.2, 0) is 10.2 Å². The van der Waals surface area contributed by atoms with Gasteiger partial charge in [0.1, 0.15) is 17.9 Å². The lowest BCUT2D eigenvalue weighted by molar-refractivity contribution is -0.126. The number of Topliss-reactive ketones (excluding diaryl/α,β-unsaturated/α-hetero) is 1. The van der Waals surface area contributed by atoms with Crippen LogP contribution in [0.2, 0.25) is 0 Å². The zero-order valence-corrected chi connectivity index (χ0v) is 10.2. The zero-order chi connectivity index (χ0) is 12.2. The third-order valence-electron chi connectivity index (χ3n) is 4.22. The Morgan fingerprint density at radius 1 is 1.47 bits per heavy atom. The molecule has 90 valence electrons. The summed E-state index contributed by atoms with van der Waals surface area (Å²) >= 11 is 0. The largest absolute Gasteiger partial charge is 0.487 e. The summed E-state index contributed by atoms with van der Waals surface area (Å²) in [5, 5.41) is 0. The summed E-state index contributed by atoms with van der Waals surface area (Å²) in [7, 11) is 0. The third kappa shape index (κ3) is 1.35. The zero-order valence-electron chi connectivity index (χ0n) is 10.2. The van der Waals surface area contributed by atoms with Crippen molar-refractivity contribution in [2.45, 2.75) is 44.2 Å². The highest BCUT2D eigenvalue weighted by atomic mass is 16.5. The van der Waals surface area contributed by atoms with E-state index in [1.165, 1.54) is 11.1 Å². The van der Waals surface area contributed by atoms with Gasteiger partial charge >= 0.3 is 0 Å². The Labute approximate surface area is 101 Å². The van der Waals surface area contributed by atoms with Crippen LogP contribution in [-0.4, -0.2) is 17.9 Å². The molecule has 0 saturated heterocycles. The van der Waals surface area contributed by atoms with Crippen molar-refractivity contribution in [1.82, 2.24) is 0 Å². The van der Waals surface area contributed by atoms with E-state index in [-0.39, 0.29) is 17.3 Å². The number of carbonyl (C=O) groups is 1. The fraction of sp³-hybridized carbons (Fsp3) is 0.500. The van der Waals surface area contributed by atoms with E-state index in [0.29, 0.717) is 6.42 Å². The Bertz CT molecular complexity index is 497. The SMILES string of the molecule is Cc1ccc2c(c1)[C@]1(C)CCC(=O)[C@H](N)[C@@H]1O2. The van der Waals surface area contributed by atoms with E-state index in [0.717, 1.165) is 12.2 Å². The van der Waals surface area contributed by atoms with Crippen LogP contribution in [0.15, 0.2) is 18.2 Å².